The van der Waals surface area contributed by atoms with Crippen molar-refractivity contribution in [2.45, 2.75) is 73.5 Å². The number of aliphatic carboxylic acids is 1. The van der Waals surface area contributed by atoms with E-state index in [0.717, 1.165) is 34.2 Å². The fraction of sp³-hybridized carbons (Fsp3) is 0.375. The molecular formula is C32H38FNO4. The van der Waals surface area contributed by atoms with Gasteiger partial charge in [-0.15, -0.1) is 0 Å². The van der Waals surface area contributed by atoms with Crippen LogP contribution in [0.2, 0.25) is 0 Å². The van der Waals surface area contributed by atoms with Gasteiger partial charge in [0.2, 0.25) is 0 Å². The number of hydrogen-bond donors (Lipinski definition) is 2. The van der Waals surface area contributed by atoms with E-state index in [2.05, 4.69) is 37.4 Å². The molecule has 1 atom stereocenters. The van der Waals surface area contributed by atoms with Gasteiger partial charge in [-0.1, -0.05) is 55.3 Å². The molecule has 0 saturated heterocycles. The van der Waals surface area contributed by atoms with Crippen molar-refractivity contribution < 1.29 is 23.8 Å². The van der Waals surface area contributed by atoms with Crippen molar-refractivity contribution in [3.63, 3.8) is 0 Å². The Labute approximate surface area is 225 Å². The van der Waals surface area contributed by atoms with Crippen LogP contribution in [0, 0.1) is 39.4 Å². The molecule has 0 aromatic heterocycles. The molecule has 3 aromatic rings. The molecular weight excluding hydrogens is 481 g/mol. The third kappa shape index (κ3) is 7.67. The van der Waals surface area contributed by atoms with E-state index in [9.17, 15) is 19.1 Å². The van der Waals surface area contributed by atoms with Crippen molar-refractivity contribution in [1.82, 2.24) is 5.32 Å². The van der Waals surface area contributed by atoms with Gasteiger partial charge < -0.3 is 15.2 Å². The second-order valence-electron chi connectivity index (χ2n) is 10.5. The van der Waals surface area contributed by atoms with Crippen molar-refractivity contribution in [2.24, 2.45) is 5.92 Å². The molecule has 3 aromatic carbocycles. The van der Waals surface area contributed by atoms with Gasteiger partial charge >= 0.3 is 5.97 Å². The van der Waals surface area contributed by atoms with Gasteiger partial charge in [-0.2, -0.15) is 0 Å². The highest BCUT2D eigenvalue weighted by molar-refractivity contribution is 5.96. The number of hydrogen-bond acceptors (Lipinski definition) is 3. The monoisotopic (exact) mass is 519 g/mol. The van der Waals surface area contributed by atoms with Gasteiger partial charge in [0.05, 0.1) is 6.04 Å². The predicted octanol–water partition coefficient (Wildman–Crippen LogP) is 7.17. The summed E-state index contributed by atoms with van der Waals surface area (Å²) in [6.07, 6.45) is 0.865. The molecule has 0 fully saturated rings. The van der Waals surface area contributed by atoms with Crippen LogP contribution in [0.1, 0.15) is 82.0 Å². The molecule has 0 saturated carbocycles. The molecule has 0 aliphatic heterocycles. The van der Waals surface area contributed by atoms with E-state index in [-0.39, 0.29) is 37.2 Å². The minimum atomic E-state index is -0.935. The smallest absolute Gasteiger partial charge is 0.303 e. The number of amides is 1. The minimum Gasteiger partial charge on any atom is -0.489 e. The summed E-state index contributed by atoms with van der Waals surface area (Å²) >= 11 is 0. The van der Waals surface area contributed by atoms with Crippen LogP contribution in [-0.4, -0.2) is 17.0 Å². The number of halogens is 1. The minimum absolute atomic E-state index is 0.0213. The SMILES string of the molecule is Cc1cc(C)cc(C(CC(C)C)NC(=O)c2cc(OCc3c(F)ccc(C)c3C)ccc2CCC(=O)O)c1. The number of aryl methyl sites for hydroxylation is 4. The maximum absolute atomic E-state index is 14.4. The molecule has 6 heteroatoms. The lowest BCUT2D eigenvalue weighted by atomic mass is 9.93. The maximum atomic E-state index is 14.4. The van der Waals surface area contributed by atoms with Gasteiger partial charge in [-0.3, -0.25) is 9.59 Å². The lowest BCUT2D eigenvalue weighted by molar-refractivity contribution is -0.136. The second-order valence-corrected chi connectivity index (χ2v) is 10.5. The molecule has 1 unspecified atom stereocenters. The summed E-state index contributed by atoms with van der Waals surface area (Å²) in [5.41, 5.74) is 6.54. The summed E-state index contributed by atoms with van der Waals surface area (Å²) in [5.74, 6) is -0.807. The van der Waals surface area contributed by atoms with Crippen LogP contribution in [0.25, 0.3) is 0 Å². The molecule has 0 aliphatic rings. The molecule has 3 rings (SSSR count). The van der Waals surface area contributed by atoms with Gasteiger partial charge in [0, 0.05) is 17.5 Å². The highest BCUT2D eigenvalue weighted by Crippen LogP contribution is 2.27. The zero-order valence-electron chi connectivity index (χ0n) is 23.2. The average molecular weight is 520 g/mol. The van der Waals surface area contributed by atoms with Crippen molar-refractivity contribution in [2.75, 3.05) is 0 Å². The number of benzene rings is 3. The normalized spacial score (nSPS) is 11.9. The van der Waals surface area contributed by atoms with E-state index < -0.39 is 5.97 Å². The fourth-order valence-electron chi connectivity index (χ4n) is 4.69. The summed E-state index contributed by atoms with van der Waals surface area (Å²) in [7, 11) is 0. The van der Waals surface area contributed by atoms with Crippen molar-refractivity contribution in [3.05, 3.63) is 98.9 Å². The number of nitrogens with one attached hydrogen (secondary N) is 1. The van der Waals surface area contributed by atoms with Gasteiger partial charge in [0.25, 0.3) is 5.91 Å². The molecule has 5 nitrogen and oxygen atoms in total. The van der Waals surface area contributed by atoms with E-state index in [4.69, 9.17) is 4.74 Å². The van der Waals surface area contributed by atoms with E-state index in [0.29, 0.717) is 28.4 Å². The molecule has 2 N–H and O–H groups in total. The first-order valence-electron chi connectivity index (χ1n) is 13.1. The van der Waals surface area contributed by atoms with Gasteiger partial charge in [0.1, 0.15) is 18.2 Å². The first-order valence-corrected chi connectivity index (χ1v) is 13.1. The van der Waals surface area contributed by atoms with Gasteiger partial charge in [-0.25, -0.2) is 4.39 Å². The summed E-state index contributed by atoms with van der Waals surface area (Å²) < 4.78 is 20.4. The Morgan fingerprint density at radius 1 is 0.974 bits per heavy atom. The van der Waals surface area contributed by atoms with E-state index in [1.165, 1.54) is 6.07 Å². The highest BCUT2D eigenvalue weighted by atomic mass is 19.1. The molecule has 202 valence electrons. The summed E-state index contributed by atoms with van der Waals surface area (Å²) in [6, 6.07) is 14.3. The number of carbonyl (C=O) groups is 2. The van der Waals surface area contributed by atoms with Gasteiger partial charge in [0.15, 0.2) is 0 Å². The Balaban J connectivity index is 1.92. The zero-order chi connectivity index (χ0) is 28.0. The number of ether oxygens (including phenoxy) is 1. The third-order valence-corrected chi connectivity index (χ3v) is 6.79. The highest BCUT2D eigenvalue weighted by Gasteiger charge is 2.21. The zero-order valence-corrected chi connectivity index (χ0v) is 23.2. The first kappa shape index (κ1) is 28.9. The maximum Gasteiger partial charge on any atom is 0.303 e. The molecule has 0 heterocycles. The Hall–Kier alpha value is -3.67. The summed E-state index contributed by atoms with van der Waals surface area (Å²) in [6.45, 7) is 12.1. The van der Waals surface area contributed by atoms with Crippen LogP contribution in [0.15, 0.2) is 48.5 Å². The number of carboxylic acid groups (broad SMARTS) is 1. The van der Waals surface area contributed by atoms with Crippen LogP contribution in [0.5, 0.6) is 5.75 Å². The molecule has 0 bridgehead atoms. The van der Waals surface area contributed by atoms with Crippen molar-refractivity contribution in [3.8, 4) is 5.75 Å². The lowest BCUT2D eigenvalue weighted by Crippen LogP contribution is -2.30. The largest absolute Gasteiger partial charge is 0.489 e. The van der Waals surface area contributed by atoms with Crippen LogP contribution < -0.4 is 10.1 Å². The standard InChI is InChI=1S/C32H38FNO4/c1-19(2)13-30(25-15-20(3)14-21(4)16-25)34-32(37)27-17-26(10-8-24(27)9-12-31(35)36)38-18-28-23(6)22(5)7-11-29(28)33/h7-8,10-11,14-17,19,30H,9,12-13,18H2,1-6H3,(H,34,37)(H,35,36). The summed E-state index contributed by atoms with van der Waals surface area (Å²) in [4.78, 5) is 24.9. The van der Waals surface area contributed by atoms with E-state index in [1.807, 2.05) is 27.7 Å². The van der Waals surface area contributed by atoms with Crippen LogP contribution >= 0.6 is 0 Å². The summed E-state index contributed by atoms with van der Waals surface area (Å²) in [5, 5.41) is 12.4. The quantitative estimate of drug-likeness (QED) is 0.282. The predicted molar refractivity (Wildman–Crippen MR) is 148 cm³/mol. The Morgan fingerprint density at radius 3 is 2.29 bits per heavy atom. The van der Waals surface area contributed by atoms with Crippen LogP contribution in [-0.2, 0) is 17.8 Å². The number of carbonyl (C=O) groups excluding carboxylic acids is 1. The van der Waals surface area contributed by atoms with E-state index in [1.54, 1.807) is 24.3 Å². The second kappa shape index (κ2) is 12.7. The Morgan fingerprint density at radius 2 is 1.66 bits per heavy atom. The fourth-order valence-corrected chi connectivity index (χ4v) is 4.69. The molecule has 0 radical (unpaired) electrons. The first-order chi connectivity index (χ1) is 17.9. The Bertz CT molecular complexity index is 1290. The molecule has 1 amide bonds. The van der Waals surface area contributed by atoms with Crippen LogP contribution in [0.3, 0.4) is 0 Å². The topological polar surface area (TPSA) is 75.6 Å². The lowest BCUT2D eigenvalue weighted by Gasteiger charge is -2.23. The number of carboxylic acids is 1. The average Bonchev–Trinajstić information content (AvgIpc) is 2.84. The van der Waals surface area contributed by atoms with E-state index >= 15 is 0 Å². The van der Waals surface area contributed by atoms with Crippen LogP contribution in [0.4, 0.5) is 4.39 Å². The van der Waals surface area contributed by atoms with Crippen molar-refractivity contribution in [1.29, 1.82) is 0 Å². The molecule has 38 heavy (non-hydrogen) atoms. The molecule has 0 spiro atoms. The third-order valence-electron chi connectivity index (χ3n) is 6.79. The van der Waals surface area contributed by atoms with Crippen molar-refractivity contribution >= 4 is 11.9 Å². The van der Waals surface area contributed by atoms with Gasteiger partial charge in [-0.05, 0) is 86.9 Å². The number of rotatable bonds is 11. The molecule has 0 aliphatic carbocycles. The Kier molecular flexibility index (Phi) is 9.67.